The Labute approximate surface area is 104 Å². The zero-order valence-corrected chi connectivity index (χ0v) is 10.7. The SMILES string of the molecule is Cc1csc(C2CN(C(C)C(=O)O)CCO2)n1. The second-order valence-corrected chi connectivity index (χ2v) is 5.09. The Morgan fingerprint density at radius 1 is 1.76 bits per heavy atom. The minimum Gasteiger partial charge on any atom is -0.480 e. The normalized spacial score (nSPS) is 23.5. The summed E-state index contributed by atoms with van der Waals surface area (Å²) >= 11 is 1.57. The summed E-state index contributed by atoms with van der Waals surface area (Å²) in [5, 5.41) is 11.9. The lowest BCUT2D eigenvalue weighted by atomic mass is 10.2. The number of aryl methyl sites for hydroxylation is 1. The summed E-state index contributed by atoms with van der Waals surface area (Å²) in [4.78, 5) is 17.3. The molecule has 1 saturated heterocycles. The maximum absolute atomic E-state index is 11.0. The van der Waals surface area contributed by atoms with Crippen LogP contribution in [-0.2, 0) is 9.53 Å². The van der Waals surface area contributed by atoms with Crippen molar-refractivity contribution in [1.29, 1.82) is 0 Å². The molecular weight excluding hydrogens is 240 g/mol. The van der Waals surface area contributed by atoms with Crippen LogP contribution in [0.5, 0.6) is 0 Å². The van der Waals surface area contributed by atoms with Gasteiger partial charge in [-0.05, 0) is 13.8 Å². The zero-order valence-electron chi connectivity index (χ0n) is 9.92. The van der Waals surface area contributed by atoms with Gasteiger partial charge < -0.3 is 9.84 Å². The van der Waals surface area contributed by atoms with Gasteiger partial charge in [0.15, 0.2) is 0 Å². The average Bonchev–Trinajstić information content (AvgIpc) is 2.75. The smallest absolute Gasteiger partial charge is 0.320 e. The Kier molecular flexibility index (Phi) is 3.76. The molecule has 0 radical (unpaired) electrons. The van der Waals surface area contributed by atoms with Crippen molar-refractivity contribution in [3.63, 3.8) is 0 Å². The van der Waals surface area contributed by atoms with E-state index in [0.29, 0.717) is 19.7 Å². The van der Waals surface area contributed by atoms with Crippen molar-refractivity contribution in [2.24, 2.45) is 0 Å². The molecule has 17 heavy (non-hydrogen) atoms. The van der Waals surface area contributed by atoms with Gasteiger partial charge in [-0.25, -0.2) is 4.98 Å². The van der Waals surface area contributed by atoms with Crippen LogP contribution < -0.4 is 0 Å². The van der Waals surface area contributed by atoms with Gasteiger partial charge >= 0.3 is 5.97 Å². The Hall–Kier alpha value is -0.980. The van der Waals surface area contributed by atoms with E-state index in [-0.39, 0.29) is 6.10 Å². The predicted molar refractivity (Wildman–Crippen MR) is 64.2 cm³/mol. The number of aromatic nitrogens is 1. The number of hydrogen-bond acceptors (Lipinski definition) is 5. The van der Waals surface area contributed by atoms with Gasteiger partial charge in [-0.2, -0.15) is 0 Å². The highest BCUT2D eigenvalue weighted by atomic mass is 32.1. The Balaban J connectivity index is 2.04. The third-order valence-electron chi connectivity index (χ3n) is 2.92. The molecule has 1 aromatic heterocycles. The van der Waals surface area contributed by atoms with Crippen LogP contribution in [0.15, 0.2) is 5.38 Å². The maximum Gasteiger partial charge on any atom is 0.320 e. The largest absolute Gasteiger partial charge is 0.480 e. The molecule has 1 N–H and O–H groups in total. The lowest BCUT2D eigenvalue weighted by molar-refractivity contribution is -0.145. The minimum atomic E-state index is -0.791. The number of carbonyl (C=O) groups is 1. The van der Waals surface area contributed by atoms with E-state index in [2.05, 4.69) is 4.98 Å². The van der Waals surface area contributed by atoms with Gasteiger partial charge in [0.05, 0.1) is 6.61 Å². The summed E-state index contributed by atoms with van der Waals surface area (Å²) in [6, 6.07) is -0.470. The van der Waals surface area contributed by atoms with Crippen LogP contribution in [0, 0.1) is 6.92 Å². The molecule has 2 unspecified atom stereocenters. The molecule has 0 aromatic carbocycles. The van der Waals surface area contributed by atoms with Gasteiger partial charge in [-0.3, -0.25) is 9.69 Å². The Morgan fingerprint density at radius 2 is 2.53 bits per heavy atom. The van der Waals surface area contributed by atoms with E-state index >= 15 is 0 Å². The second-order valence-electron chi connectivity index (χ2n) is 4.20. The van der Waals surface area contributed by atoms with Gasteiger partial charge in [0.1, 0.15) is 17.2 Å². The van der Waals surface area contributed by atoms with Crippen molar-refractivity contribution in [3.8, 4) is 0 Å². The number of hydrogen-bond donors (Lipinski definition) is 1. The summed E-state index contributed by atoms with van der Waals surface area (Å²) in [5.41, 5.74) is 0.983. The van der Waals surface area contributed by atoms with Gasteiger partial charge in [0, 0.05) is 24.2 Å². The highest BCUT2D eigenvalue weighted by Crippen LogP contribution is 2.25. The van der Waals surface area contributed by atoms with E-state index in [1.807, 2.05) is 17.2 Å². The third kappa shape index (κ3) is 2.83. The van der Waals surface area contributed by atoms with E-state index in [0.717, 1.165) is 10.7 Å². The average molecular weight is 256 g/mol. The van der Waals surface area contributed by atoms with Crippen LogP contribution in [0.1, 0.15) is 23.7 Å². The summed E-state index contributed by atoms with van der Waals surface area (Å²) in [5.74, 6) is -0.791. The molecule has 1 aliphatic rings. The molecule has 0 spiro atoms. The number of nitrogens with zero attached hydrogens (tertiary/aromatic N) is 2. The standard InChI is InChI=1S/C11H16N2O3S/c1-7-6-17-10(12-7)9-5-13(3-4-16-9)8(2)11(14)15/h6,8-9H,3-5H2,1-2H3,(H,14,15). The fourth-order valence-corrected chi connectivity index (χ4v) is 2.68. The molecule has 0 bridgehead atoms. The molecular formula is C11H16N2O3S. The Bertz CT molecular complexity index is 407. The summed E-state index contributed by atoms with van der Waals surface area (Å²) < 4.78 is 5.65. The van der Waals surface area contributed by atoms with Crippen molar-refractivity contribution >= 4 is 17.3 Å². The molecule has 2 rings (SSSR count). The van der Waals surface area contributed by atoms with Crippen LogP contribution in [0.3, 0.4) is 0 Å². The van der Waals surface area contributed by atoms with Crippen LogP contribution in [-0.4, -0.2) is 46.7 Å². The minimum absolute atomic E-state index is 0.0933. The first kappa shape index (κ1) is 12.5. The van der Waals surface area contributed by atoms with Crippen molar-refractivity contribution in [3.05, 3.63) is 16.1 Å². The summed E-state index contributed by atoms with van der Waals surface area (Å²) in [6.45, 7) is 5.47. The van der Waals surface area contributed by atoms with Crippen LogP contribution in [0.25, 0.3) is 0 Å². The predicted octanol–water partition coefficient (Wildman–Crippen LogP) is 1.30. The van der Waals surface area contributed by atoms with Gasteiger partial charge in [0.25, 0.3) is 0 Å². The van der Waals surface area contributed by atoms with E-state index in [9.17, 15) is 4.79 Å². The van der Waals surface area contributed by atoms with Crippen molar-refractivity contribution in [2.75, 3.05) is 19.7 Å². The third-order valence-corrected chi connectivity index (χ3v) is 3.97. The van der Waals surface area contributed by atoms with Gasteiger partial charge in [0.2, 0.25) is 0 Å². The molecule has 0 saturated carbocycles. The van der Waals surface area contributed by atoms with Crippen LogP contribution in [0.4, 0.5) is 0 Å². The number of rotatable bonds is 3. The van der Waals surface area contributed by atoms with E-state index in [1.54, 1.807) is 18.3 Å². The van der Waals surface area contributed by atoms with Crippen molar-refractivity contribution < 1.29 is 14.6 Å². The zero-order chi connectivity index (χ0) is 12.4. The summed E-state index contributed by atoms with van der Waals surface area (Å²) in [7, 11) is 0. The molecule has 0 aliphatic carbocycles. The summed E-state index contributed by atoms with van der Waals surface area (Å²) in [6.07, 6.45) is -0.0933. The highest BCUT2D eigenvalue weighted by molar-refractivity contribution is 7.09. The van der Waals surface area contributed by atoms with Crippen LogP contribution in [0.2, 0.25) is 0 Å². The highest BCUT2D eigenvalue weighted by Gasteiger charge is 2.29. The van der Waals surface area contributed by atoms with E-state index in [4.69, 9.17) is 9.84 Å². The number of carboxylic acid groups (broad SMARTS) is 1. The number of morpholine rings is 1. The molecule has 1 fully saturated rings. The topological polar surface area (TPSA) is 62.7 Å². The van der Waals surface area contributed by atoms with Crippen molar-refractivity contribution in [2.45, 2.75) is 26.0 Å². The molecule has 0 amide bonds. The molecule has 2 heterocycles. The first-order chi connectivity index (χ1) is 8.08. The quantitative estimate of drug-likeness (QED) is 0.883. The molecule has 5 nitrogen and oxygen atoms in total. The molecule has 2 atom stereocenters. The van der Waals surface area contributed by atoms with Crippen molar-refractivity contribution in [1.82, 2.24) is 9.88 Å². The number of thiazole rings is 1. The fourth-order valence-electron chi connectivity index (χ4n) is 1.85. The van der Waals surface area contributed by atoms with Crippen LogP contribution >= 0.6 is 11.3 Å². The first-order valence-electron chi connectivity index (χ1n) is 5.58. The van der Waals surface area contributed by atoms with Gasteiger partial charge in [-0.1, -0.05) is 0 Å². The number of carboxylic acids is 1. The number of aliphatic carboxylic acids is 1. The van der Waals surface area contributed by atoms with Gasteiger partial charge in [-0.15, -0.1) is 11.3 Å². The monoisotopic (exact) mass is 256 g/mol. The fraction of sp³-hybridized carbons (Fsp3) is 0.636. The Morgan fingerprint density at radius 3 is 3.12 bits per heavy atom. The second kappa shape index (κ2) is 5.12. The van der Waals surface area contributed by atoms with E-state index < -0.39 is 12.0 Å². The first-order valence-corrected chi connectivity index (χ1v) is 6.46. The lowest BCUT2D eigenvalue weighted by Gasteiger charge is -2.34. The number of ether oxygens (including phenoxy) is 1. The molecule has 1 aromatic rings. The maximum atomic E-state index is 11.0. The van der Waals surface area contributed by atoms with E-state index in [1.165, 1.54) is 0 Å². The lowest BCUT2D eigenvalue weighted by Crippen LogP contribution is -2.46. The molecule has 1 aliphatic heterocycles. The molecule has 6 heteroatoms. The molecule has 94 valence electrons.